The van der Waals surface area contributed by atoms with Gasteiger partial charge in [0.15, 0.2) is 0 Å². The van der Waals surface area contributed by atoms with E-state index in [0.29, 0.717) is 18.4 Å². The molecule has 0 spiro atoms. The van der Waals surface area contributed by atoms with Gasteiger partial charge in [-0.3, -0.25) is 19.6 Å². The van der Waals surface area contributed by atoms with Gasteiger partial charge in [0, 0.05) is 51.4 Å². The number of methoxy groups -OCH3 is 1. The normalized spacial score (nSPS) is 25.6. The van der Waals surface area contributed by atoms with Gasteiger partial charge in [0.25, 0.3) is 0 Å². The molecule has 2 aliphatic heterocycles. The first-order valence-electron chi connectivity index (χ1n) is 9.27. The van der Waals surface area contributed by atoms with E-state index in [9.17, 15) is 4.79 Å². The van der Waals surface area contributed by atoms with Gasteiger partial charge in [-0.05, 0) is 30.9 Å². The first kappa shape index (κ1) is 18.3. The van der Waals surface area contributed by atoms with Crippen molar-refractivity contribution in [3.63, 3.8) is 0 Å². The highest BCUT2D eigenvalue weighted by atomic mass is 16.5. The van der Waals surface area contributed by atoms with Crippen molar-refractivity contribution in [1.29, 1.82) is 0 Å². The van der Waals surface area contributed by atoms with Gasteiger partial charge < -0.3 is 9.47 Å². The van der Waals surface area contributed by atoms with Crippen LogP contribution >= 0.6 is 0 Å². The Bertz CT molecular complexity index is 534. The molecule has 0 saturated carbocycles. The smallest absolute Gasteiger partial charge is 0.305 e. The fourth-order valence-corrected chi connectivity index (χ4v) is 4.04. The molecule has 6 nitrogen and oxygen atoms in total. The molecular formula is C19H29N3O3. The summed E-state index contributed by atoms with van der Waals surface area (Å²) in [5.41, 5.74) is 1.11. The predicted octanol–water partition coefficient (Wildman–Crippen LogP) is 1.56. The van der Waals surface area contributed by atoms with Crippen molar-refractivity contribution in [3.05, 3.63) is 30.1 Å². The minimum atomic E-state index is -0.109. The van der Waals surface area contributed by atoms with Crippen LogP contribution in [0.3, 0.4) is 0 Å². The van der Waals surface area contributed by atoms with Crippen molar-refractivity contribution in [1.82, 2.24) is 14.8 Å². The molecule has 0 aromatic carbocycles. The van der Waals surface area contributed by atoms with Gasteiger partial charge in [0.1, 0.15) is 0 Å². The molecule has 0 bridgehead atoms. The highest BCUT2D eigenvalue weighted by molar-refractivity contribution is 5.69. The van der Waals surface area contributed by atoms with Gasteiger partial charge in [0.2, 0.25) is 0 Å². The maximum absolute atomic E-state index is 11.6. The Balaban J connectivity index is 1.62. The fourth-order valence-electron chi connectivity index (χ4n) is 4.04. The molecule has 6 heteroatoms. The number of pyridine rings is 1. The Labute approximate surface area is 150 Å². The van der Waals surface area contributed by atoms with E-state index in [1.165, 1.54) is 7.11 Å². The zero-order valence-corrected chi connectivity index (χ0v) is 15.1. The second-order valence-corrected chi connectivity index (χ2v) is 6.94. The Morgan fingerprint density at radius 2 is 2.16 bits per heavy atom. The first-order chi connectivity index (χ1) is 12.3. The van der Waals surface area contributed by atoms with E-state index in [4.69, 9.17) is 9.47 Å². The summed E-state index contributed by atoms with van der Waals surface area (Å²) in [6.45, 7) is 6.60. The molecule has 1 aromatic heterocycles. The van der Waals surface area contributed by atoms with Crippen LogP contribution in [0.15, 0.2) is 24.4 Å². The van der Waals surface area contributed by atoms with Crippen LogP contribution in [-0.2, 0) is 20.8 Å². The number of rotatable bonds is 6. The first-order valence-corrected chi connectivity index (χ1v) is 9.27. The van der Waals surface area contributed by atoms with E-state index >= 15 is 0 Å². The second kappa shape index (κ2) is 9.27. The molecule has 0 radical (unpaired) electrons. The lowest BCUT2D eigenvalue weighted by molar-refractivity contribution is -0.141. The monoisotopic (exact) mass is 347 g/mol. The van der Waals surface area contributed by atoms with Gasteiger partial charge in [-0.1, -0.05) is 6.07 Å². The van der Waals surface area contributed by atoms with E-state index in [-0.39, 0.29) is 5.97 Å². The molecule has 0 aliphatic carbocycles. The zero-order chi connectivity index (χ0) is 17.5. The van der Waals surface area contributed by atoms with Crippen LogP contribution in [0.1, 0.15) is 25.0 Å². The summed E-state index contributed by atoms with van der Waals surface area (Å²) < 4.78 is 10.4. The Hall–Kier alpha value is -1.50. The average molecular weight is 347 g/mol. The van der Waals surface area contributed by atoms with Crippen LogP contribution in [0.4, 0.5) is 0 Å². The van der Waals surface area contributed by atoms with E-state index in [0.717, 1.165) is 64.5 Å². The number of likely N-dealkylation sites (tertiary alicyclic amines) is 1. The summed E-state index contributed by atoms with van der Waals surface area (Å²) in [6, 6.07) is 6.61. The van der Waals surface area contributed by atoms with Crippen LogP contribution in [0.2, 0.25) is 0 Å². The maximum atomic E-state index is 11.6. The lowest BCUT2D eigenvalue weighted by Gasteiger charge is -2.45. The molecule has 2 atom stereocenters. The van der Waals surface area contributed by atoms with E-state index in [1.54, 1.807) is 0 Å². The molecule has 2 aliphatic rings. The topological polar surface area (TPSA) is 54.9 Å². The summed E-state index contributed by atoms with van der Waals surface area (Å²) in [7, 11) is 1.47. The van der Waals surface area contributed by atoms with Crippen molar-refractivity contribution >= 4 is 5.97 Å². The maximum Gasteiger partial charge on any atom is 0.305 e. The lowest BCUT2D eigenvalue weighted by Crippen LogP contribution is -2.53. The lowest BCUT2D eigenvalue weighted by atomic mass is 9.86. The van der Waals surface area contributed by atoms with Crippen molar-refractivity contribution < 1.29 is 14.3 Å². The molecule has 3 rings (SSSR count). The number of esters is 1. The number of morpholine rings is 1. The Morgan fingerprint density at radius 1 is 1.32 bits per heavy atom. The van der Waals surface area contributed by atoms with E-state index in [1.807, 2.05) is 18.3 Å². The molecule has 2 saturated heterocycles. The van der Waals surface area contributed by atoms with Gasteiger partial charge in [-0.2, -0.15) is 0 Å². The van der Waals surface area contributed by atoms with Crippen LogP contribution in [0.5, 0.6) is 0 Å². The van der Waals surface area contributed by atoms with Crippen LogP contribution in [0.25, 0.3) is 0 Å². The van der Waals surface area contributed by atoms with Gasteiger partial charge in [0.05, 0.1) is 26.0 Å². The third-order valence-corrected chi connectivity index (χ3v) is 5.35. The summed E-state index contributed by atoms with van der Waals surface area (Å²) in [5, 5.41) is 0. The molecule has 3 heterocycles. The number of carbonyl (C=O) groups excluding carboxylic acids is 1. The van der Waals surface area contributed by atoms with Crippen LogP contribution in [-0.4, -0.2) is 73.3 Å². The molecule has 0 amide bonds. The Kier molecular flexibility index (Phi) is 6.78. The quantitative estimate of drug-likeness (QED) is 0.728. The number of piperidine rings is 1. The highest BCUT2D eigenvalue weighted by Crippen LogP contribution is 2.27. The van der Waals surface area contributed by atoms with Crippen molar-refractivity contribution in [2.24, 2.45) is 5.92 Å². The molecular weight excluding hydrogens is 318 g/mol. The highest BCUT2D eigenvalue weighted by Gasteiger charge is 2.34. The minimum absolute atomic E-state index is 0.109. The number of carbonyl (C=O) groups is 1. The standard InChI is InChI=1S/C19H29N3O3/c1-24-19(23)6-5-16-14-21(15-17-4-2-3-8-20-17)9-7-18(16)22-10-12-25-13-11-22/h2-4,8,16,18H,5-7,9-15H2,1H3/t16-,18+/m0/s1. The number of hydrogen-bond donors (Lipinski definition) is 0. The SMILES string of the molecule is COC(=O)CC[C@H]1CN(Cc2ccccn2)CC[C@H]1N1CCOCC1. The van der Waals surface area contributed by atoms with Crippen LogP contribution < -0.4 is 0 Å². The third-order valence-electron chi connectivity index (χ3n) is 5.35. The number of nitrogens with zero attached hydrogens (tertiary/aromatic N) is 3. The van der Waals surface area contributed by atoms with Crippen molar-refractivity contribution in [3.8, 4) is 0 Å². The summed E-state index contributed by atoms with van der Waals surface area (Å²) in [6.07, 6.45) is 4.37. The van der Waals surface area contributed by atoms with Gasteiger partial charge in [-0.25, -0.2) is 0 Å². The summed E-state index contributed by atoms with van der Waals surface area (Å²) in [5.74, 6) is 0.372. The Morgan fingerprint density at radius 3 is 2.88 bits per heavy atom. The zero-order valence-electron chi connectivity index (χ0n) is 15.1. The minimum Gasteiger partial charge on any atom is -0.469 e. The molecule has 1 aromatic rings. The van der Waals surface area contributed by atoms with Crippen LogP contribution in [0, 0.1) is 5.92 Å². The average Bonchev–Trinajstić information content (AvgIpc) is 2.67. The third kappa shape index (κ3) is 5.23. The van der Waals surface area contributed by atoms with Gasteiger partial charge >= 0.3 is 5.97 Å². The number of hydrogen-bond acceptors (Lipinski definition) is 6. The summed E-state index contributed by atoms with van der Waals surface area (Å²) in [4.78, 5) is 21.1. The number of aromatic nitrogens is 1. The second-order valence-electron chi connectivity index (χ2n) is 6.94. The van der Waals surface area contributed by atoms with Crippen molar-refractivity contribution in [2.45, 2.75) is 31.8 Å². The molecule has 0 N–H and O–H groups in total. The largest absolute Gasteiger partial charge is 0.469 e. The molecule has 0 unspecified atom stereocenters. The van der Waals surface area contributed by atoms with E-state index < -0.39 is 0 Å². The molecule has 25 heavy (non-hydrogen) atoms. The fraction of sp³-hybridized carbons (Fsp3) is 0.684. The molecule has 138 valence electrons. The summed E-state index contributed by atoms with van der Waals surface area (Å²) >= 11 is 0. The van der Waals surface area contributed by atoms with E-state index in [2.05, 4.69) is 20.9 Å². The molecule has 2 fully saturated rings. The van der Waals surface area contributed by atoms with Crippen molar-refractivity contribution in [2.75, 3.05) is 46.5 Å². The predicted molar refractivity (Wildman–Crippen MR) is 95.1 cm³/mol. The number of ether oxygens (including phenoxy) is 2. The van der Waals surface area contributed by atoms with Gasteiger partial charge in [-0.15, -0.1) is 0 Å².